The molecule has 0 amide bonds. The second-order valence-corrected chi connectivity index (χ2v) is 8.25. The SMILES string of the molecule is CCN(C1CCc2cc(-n3ccc(N)nc3=O)ccc2C1)[C@H]1CC[C@H](N)CC1. The first-order valence-corrected chi connectivity index (χ1v) is 10.5. The number of nitrogens with two attached hydrogens (primary N) is 2. The standard InChI is InChI=1S/C22H31N5O/c1-2-26(18-9-5-17(23)6-10-18)19-7-3-16-14-20(8-4-15(16)13-19)27-12-11-21(24)25-22(27)28/h4,8,11-12,14,17-19H,2-3,5-7,9-10,13,23H2,1H3,(H2,24,25,28)/t17-,18-,19?. The van der Waals surface area contributed by atoms with Crippen LogP contribution in [-0.2, 0) is 12.8 Å². The number of anilines is 1. The lowest BCUT2D eigenvalue weighted by atomic mass is 9.84. The molecule has 2 aliphatic rings. The Morgan fingerprint density at radius 3 is 2.61 bits per heavy atom. The average Bonchev–Trinajstić information content (AvgIpc) is 2.69. The van der Waals surface area contributed by atoms with Gasteiger partial charge in [0.1, 0.15) is 5.82 Å². The first kappa shape index (κ1) is 19.2. The number of likely N-dealkylation sites (N-methyl/N-ethyl adjacent to an activating group) is 1. The minimum absolute atomic E-state index is 0.255. The smallest absolute Gasteiger partial charge is 0.354 e. The molecule has 150 valence electrons. The fourth-order valence-electron chi connectivity index (χ4n) is 5.02. The van der Waals surface area contributed by atoms with Gasteiger partial charge in [0.05, 0.1) is 5.69 Å². The molecule has 6 heteroatoms. The zero-order valence-corrected chi connectivity index (χ0v) is 16.7. The molecule has 6 nitrogen and oxygen atoms in total. The summed E-state index contributed by atoms with van der Waals surface area (Å²) in [5, 5.41) is 0. The molecule has 2 aromatic rings. The van der Waals surface area contributed by atoms with Crippen LogP contribution in [0.3, 0.4) is 0 Å². The maximum absolute atomic E-state index is 12.1. The summed E-state index contributed by atoms with van der Waals surface area (Å²) < 4.78 is 1.56. The predicted octanol–water partition coefficient (Wildman–Crippen LogP) is 2.26. The Morgan fingerprint density at radius 1 is 1.11 bits per heavy atom. The molecule has 0 saturated heterocycles. The van der Waals surface area contributed by atoms with E-state index in [9.17, 15) is 4.79 Å². The van der Waals surface area contributed by atoms with Gasteiger partial charge in [0.15, 0.2) is 0 Å². The molecule has 2 aliphatic carbocycles. The van der Waals surface area contributed by atoms with Crippen molar-refractivity contribution in [2.24, 2.45) is 5.73 Å². The maximum atomic E-state index is 12.1. The van der Waals surface area contributed by atoms with Crippen LogP contribution in [0, 0.1) is 0 Å². The Hall–Kier alpha value is -2.18. The van der Waals surface area contributed by atoms with E-state index in [0.717, 1.165) is 37.9 Å². The highest BCUT2D eigenvalue weighted by atomic mass is 16.1. The number of nitrogens with zero attached hydrogens (tertiary/aromatic N) is 3. The van der Waals surface area contributed by atoms with Crippen molar-refractivity contribution in [1.82, 2.24) is 14.5 Å². The van der Waals surface area contributed by atoms with Crippen LogP contribution < -0.4 is 17.2 Å². The molecule has 1 heterocycles. The molecule has 1 unspecified atom stereocenters. The van der Waals surface area contributed by atoms with Crippen LogP contribution in [0.5, 0.6) is 0 Å². The second-order valence-electron chi connectivity index (χ2n) is 8.25. The van der Waals surface area contributed by atoms with E-state index in [1.165, 1.54) is 30.4 Å². The fraction of sp³-hybridized carbons (Fsp3) is 0.545. The monoisotopic (exact) mass is 381 g/mol. The number of rotatable bonds is 4. The molecule has 1 atom stereocenters. The topological polar surface area (TPSA) is 90.2 Å². The normalized spacial score (nSPS) is 24.9. The number of aromatic nitrogens is 2. The molecule has 0 radical (unpaired) electrons. The average molecular weight is 382 g/mol. The van der Waals surface area contributed by atoms with Gasteiger partial charge in [-0.15, -0.1) is 0 Å². The molecule has 1 fully saturated rings. The molecule has 4 N–H and O–H groups in total. The summed E-state index contributed by atoms with van der Waals surface area (Å²) in [7, 11) is 0. The molecule has 0 bridgehead atoms. The van der Waals surface area contributed by atoms with Crippen molar-refractivity contribution in [3.63, 3.8) is 0 Å². The van der Waals surface area contributed by atoms with Crippen molar-refractivity contribution in [1.29, 1.82) is 0 Å². The zero-order chi connectivity index (χ0) is 19.7. The summed E-state index contributed by atoms with van der Waals surface area (Å²) in [6.07, 6.45) is 9.76. The van der Waals surface area contributed by atoms with Gasteiger partial charge in [-0.25, -0.2) is 4.79 Å². The number of fused-ring (bicyclic) bond motifs is 1. The number of hydrogen-bond acceptors (Lipinski definition) is 5. The van der Waals surface area contributed by atoms with Gasteiger partial charge in [-0.05, 0) is 80.8 Å². The summed E-state index contributed by atoms with van der Waals surface area (Å²) in [5.41, 5.74) is 15.0. The molecule has 0 aliphatic heterocycles. The highest BCUT2D eigenvalue weighted by Crippen LogP contribution is 2.31. The summed E-state index contributed by atoms with van der Waals surface area (Å²) in [4.78, 5) is 18.7. The first-order valence-electron chi connectivity index (χ1n) is 10.5. The molecule has 4 rings (SSSR count). The van der Waals surface area contributed by atoms with Crippen LogP contribution in [-0.4, -0.2) is 39.1 Å². The van der Waals surface area contributed by atoms with Crippen molar-refractivity contribution >= 4 is 5.82 Å². The van der Waals surface area contributed by atoms with Crippen molar-refractivity contribution in [2.45, 2.75) is 70.0 Å². The van der Waals surface area contributed by atoms with Crippen LogP contribution in [0.2, 0.25) is 0 Å². The van der Waals surface area contributed by atoms with E-state index < -0.39 is 0 Å². The van der Waals surface area contributed by atoms with Gasteiger partial charge in [-0.2, -0.15) is 4.98 Å². The van der Waals surface area contributed by atoms with E-state index in [4.69, 9.17) is 11.5 Å². The van der Waals surface area contributed by atoms with Crippen LogP contribution in [0.15, 0.2) is 35.3 Å². The lowest BCUT2D eigenvalue weighted by Gasteiger charge is -2.42. The summed E-state index contributed by atoms with van der Waals surface area (Å²) >= 11 is 0. The lowest BCUT2D eigenvalue weighted by Crippen LogP contribution is -2.48. The zero-order valence-electron chi connectivity index (χ0n) is 16.7. The van der Waals surface area contributed by atoms with Crippen LogP contribution in [0.25, 0.3) is 5.69 Å². The molecule has 1 aromatic carbocycles. The fourth-order valence-corrected chi connectivity index (χ4v) is 5.02. The second kappa shape index (κ2) is 8.05. The quantitative estimate of drug-likeness (QED) is 0.848. The summed E-state index contributed by atoms with van der Waals surface area (Å²) in [5.74, 6) is 0.255. The highest BCUT2D eigenvalue weighted by Gasteiger charge is 2.30. The van der Waals surface area contributed by atoms with Crippen molar-refractivity contribution < 1.29 is 0 Å². The van der Waals surface area contributed by atoms with E-state index in [-0.39, 0.29) is 11.5 Å². The third-order valence-electron chi connectivity index (χ3n) is 6.54. The van der Waals surface area contributed by atoms with Crippen molar-refractivity contribution in [3.8, 4) is 5.69 Å². The number of hydrogen-bond donors (Lipinski definition) is 2. The number of aryl methyl sites for hydroxylation is 1. The number of nitrogen functional groups attached to an aromatic ring is 1. The van der Waals surface area contributed by atoms with E-state index in [1.807, 2.05) is 6.07 Å². The van der Waals surface area contributed by atoms with E-state index in [2.05, 4.69) is 28.9 Å². The molecule has 0 spiro atoms. The van der Waals surface area contributed by atoms with Crippen LogP contribution >= 0.6 is 0 Å². The largest absolute Gasteiger partial charge is 0.383 e. The van der Waals surface area contributed by atoms with Gasteiger partial charge in [0, 0.05) is 24.3 Å². The molecular weight excluding hydrogens is 350 g/mol. The minimum atomic E-state index is -0.332. The summed E-state index contributed by atoms with van der Waals surface area (Å²) in [6, 6.07) is 9.68. The molecule has 28 heavy (non-hydrogen) atoms. The number of benzene rings is 1. The van der Waals surface area contributed by atoms with Gasteiger partial charge < -0.3 is 11.5 Å². The minimum Gasteiger partial charge on any atom is -0.383 e. The molecular formula is C22H31N5O. The van der Waals surface area contributed by atoms with Crippen molar-refractivity contribution in [2.75, 3.05) is 12.3 Å². The third-order valence-corrected chi connectivity index (χ3v) is 6.54. The van der Waals surface area contributed by atoms with Gasteiger partial charge in [-0.1, -0.05) is 13.0 Å². The van der Waals surface area contributed by atoms with Gasteiger partial charge >= 0.3 is 5.69 Å². The predicted molar refractivity (Wildman–Crippen MR) is 113 cm³/mol. The van der Waals surface area contributed by atoms with Gasteiger partial charge in [0.25, 0.3) is 0 Å². The Balaban J connectivity index is 1.52. The first-order chi connectivity index (χ1) is 13.5. The van der Waals surface area contributed by atoms with Crippen molar-refractivity contribution in [3.05, 3.63) is 52.1 Å². The Morgan fingerprint density at radius 2 is 1.89 bits per heavy atom. The van der Waals surface area contributed by atoms with E-state index >= 15 is 0 Å². The van der Waals surface area contributed by atoms with E-state index in [1.54, 1.807) is 16.8 Å². The summed E-state index contributed by atoms with van der Waals surface area (Å²) in [6.45, 7) is 3.39. The third kappa shape index (κ3) is 3.84. The van der Waals surface area contributed by atoms with Gasteiger partial charge in [0.2, 0.25) is 0 Å². The Labute approximate surface area is 166 Å². The highest BCUT2D eigenvalue weighted by molar-refractivity contribution is 5.43. The van der Waals surface area contributed by atoms with Gasteiger partial charge in [-0.3, -0.25) is 9.47 Å². The van der Waals surface area contributed by atoms with Crippen LogP contribution in [0.1, 0.15) is 50.2 Å². The van der Waals surface area contributed by atoms with Crippen LogP contribution in [0.4, 0.5) is 5.82 Å². The Bertz CT molecular complexity index is 885. The molecule has 1 saturated carbocycles. The Kier molecular flexibility index (Phi) is 5.51. The molecule has 1 aromatic heterocycles. The van der Waals surface area contributed by atoms with E-state index in [0.29, 0.717) is 18.1 Å². The maximum Gasteiger partial charge on any atom is 0.354 e. The lowest BCUT2D eigenvalue weighted by molar-refractivity contribution is 0.0970.